The van der Waals surface area contributed by atoms with Gasteiger partial charge in [-0.3, -0.25) is 0 Å². The summed E-state index contributed by atoms with van der Waals surface area (Å²) in [6, 6.07) is 19.2. The van der Waals surface area contributed by atoms with Crippen LogP contribution in [0.25, 0.3) is 0 Å². The van der Waals surface area contributed by atoms with Crippen LogP contribution in [0.1, 0.15) is 5.56 Å². The first kappa shape index (κ1) is 10.2. The lowest BCUT2D eigenvalue weighted by molar-refractivity contribution is 0.829. The Labute approximate surface area is 102 Å². The van der Waals surface area contributed by atoms with Gasteiger partial charge in [0.15, 0.2) is 0 Å². The first-order valence-electron chi connectivity index (χ1n) is 6.05. The van der Waals surface area contributed by atoms with Crippen molar-refractivity contribution in [2.75, 3.05) is 23.3 Å². The van der Waals surface area contributed by atoms with E-state index in [1.54, 1.807) is 0 Å². The van der Waals surface area contributed by atoms with E-state index in [1.807, 2.05) is 0 Å². The largest absolute Gasteiger partial charge is 0.383 e. The summed E-state index contributed by atoms with van der Waals surface area (Å²) >= 11 is 0. The number of nitrogens with zero attached hydrogens (tertiary/aromatic N) is 1. The molecule has 0 atom stereocenters. The number of fused-ring (bicyclic) bond motifs is 1. The van der Waals surface area contributed by atoms with Crippen molar-refractivity contribution in [1.82, 2.24) is 0 Å². The zero-order valence-electron chi connectivity index (χ0n) is 9.76. The molecule has 1 aliphatic heterocycles. The number of anilines is 2. The Morgan fingerprint density at radius 1 is 0.882 bits per heavy atom. The molecule has 2 aromatic rings. The fourth-order valence-corrected chi connectivity index (χ4v) is 2.30. The number of para-hydroxylation sites is 2. The van der Waals surface area contributed by atoms with E-state index in [1.165, 1.54) is 16.9 Å². The van der Waals surface area contributed by atoms with Gasteiger partial charge < -0.3 is 10.2 Å². The lowest BCUT2D eigenvalue weighted by Gasteiger charge is -2.22. The monoisotopic (exact) mass is 224 g/mol. The van der Waals surface area contributed by atoms with Crippen LogP contribution in [0.3, 0.4) is 0 Å². The first-order valence-corrected chi connectivity index (χ1v) is 6.05. The predicted octanol–water partition coefficient (Wildman–Crippen LogP) is 3.12. The van der Waals surface area contributed by atoms with Gasteiger partial charge >= 0.3 is 0 Å². The van der Waals surface area contributed by atoms with Crippen LogP contribution in [0, 0.1) is 0 Å². The maximum absolute atomic E-state index is 3.48. The molecule has 3 rings (SSSR count). The normalized spacial score (nSPS) is 14.7. The molecule has 2 aromatic carbocycles. The third-order valence-electron chi connectivity index (χ3n) is 3.20. The highest BCUT2D eigenvalue weighted by Crippen LogP contribution is 2.23. The third-order valence-corrected chi connectivity index (χ3v) is 3.20. The van der Waals surface area contributed by atoms with Crippen molar-refractivity contribution in [3.05, 3.63) is 60.2 Å². The molecule has 0 saturated heterocycles. The van der Waals surface area contributed by atoms with Crippen molar-refractivity contribution in [2.24, 2.45) is 0 Å². The van der Waals surface area contributed by atoms with Gasteiger partial charge in [-0.15, -0.1) is 0 Å². The van der Waals surface area contributed by atoms with Crippen molar-refractivity contribution < 1.29 is 0 Å². The molecule has 0 spiro atoms. The standard InChI is InChI=1S/C15H16N2/c1-2-7-14(8-3-1)17-11-10-16-15-9-5-4-6-13(15)12-17/h1-9,16H,10-12H2. The molecule has 1 heterocycles. The molecule has 0 bridgehead atoms. The van der Waals surface area contributed by atoms with Crippen LogP contribution in [-0.2, 0) is 6.54 Å². The van der Waals surface area contributed by atoms with Crippen molar-refractivity contribution in [3.8, 4) is 0 Å². The molecule has 86 valence electrons. The summed E-state index contributed by atoms with van der Waals surface area (Å²) in [5.74, 6) is 0. The van der Waals surface area contributed by atoms with Crippen LogP contribution in [0.2, 0.25) is 0 Å². The van der Waals surface area contributed by atoms with E-state index in [9.17, 15) is 0 Å². The Kier molecular flexibility index (Phi) is 2.70. The molecule has 0 fully saturated rings. The molecule has 2 heteroatoms. The lowest BCUT2D eigenvalue weighted by Crippen LogP contribution is -2.25. The molecular weight excluding hydrogens is 208 g/mol. The molecule has 2 nitrogen and oxygen atoms in total. The Bertz CT molecular complexity index is 493. The molecule has 0 aromatic heterocycles. The zero-order chi connectivity index (χ0) is 11.5. The fraction of sp³-hybridized carbons (Fsp3) is 0.200. The first-order chi connectivity index (χ1) is 8.43. The SMILES string of the molecule is c1ccc(N2CCNc3ccccc3C2)cc1. The van der Waals surface area contributed by atoms with E-state index in [-0.39, 0.29) is 0 Å². The van der Waals surface area contributed by atoms with Crippen LogP contribution >= 0.6 is 0 Å². The van der Waals surface area contributed by atoms with E-state index in [4.69, 9.17) is 0 Å². The average Bonchev–Trinajstić information content (AvgIpc) is 2.62. The van der Waals surface area contributed by atoms with Gasteiger partial charge in [0.2, 0.25) is 0 Å². The van der Waals surface area contributed by atoms with Gasteiger partial charge in [-0.2, -0.15) is 0 Å². The Hall–Kier alpha value is -1.96. The molecule has 0 aliphatic carbocycles. The van der Waals surface area contributed by atoms with E-state index < -0.39 is 0 Å². The molecule has 0 unspecified atom stereocenters. The second kappa shape index (κ2) is 4.50. The number of benzene rings is 2. The second-order valence-electron chi connectivity index (χ2n) is 4.34. The van der Waals surface area contributed by atoms with Crippen LogP contribution in [0.15, 0.2) is 54.6 Å². The van der Waals surface area contributed by atoms with Gasteiger partial charge in [0, 0.05) is 31.0 Å². The van der Waals surface area contributed by atoms with Crippen molar-refractivity contribution in [1.29, 1.82) is 0 Å². The Morgan fingerprint density at radius 3 is 2.53 bits per heavy atom. The van der Waals surface area contributed by atoms with E-state index in [0.717, 1.165) is 19.6 Å². The zero-order valence-corrected chi connectivity index (χ0v) is 9.76. The fourth-order valence-electron chi connectivity index (χ4n) is 2.30. The molecule has 0 radical (unpaired) electrons. The number of hydrogen-bond acceptors (Lipinski definition) is 2. The summed E-state index contributed by atoms with van der Waals surface area (Å²) < 4.78 is 0. The molecule has 0 saturated carbocycles. The van der Waals surface area contributed by atoms with Gasteiger partial charge in [0.25, 0.3) is 0 Å². The van der Waals surface area contributed by atoms with Crippen LogP contribution < -0.4 is 10.2 Å². The smallest absolute Gasteiger partial charge is 0.0450 e. The Morgan fingerprint density at radius 2 is 1.65 bits per heavy atom. The summed E-state index contributed by atoms with van der Waals surface area (Å²) in [5.41, 5.74) is 3.94. The van der Waals surface area contributed by atoms with Crippen molar-refractivity contribution >= 4 is 11.4 Å². The minimum atomic E-state index is 0.979. The highest BCUT2D eigenvalue weighted by Gasteiger charge is 2.13. The Balaban J connectivity index is 1.91. The van der Waals surface area contributed by atoms with Gasteiger partial charge in [-0.05, 0) is 23.8 Å². The highest BCUT2D eigenvalue weighted by atomic mass is 15.2. The van der Waals surface area contributed by atoms with E-state index in [2.05, 4.69) is 64.8 Å². The average molecular weight is 224 g/mol. The van der Waals surface area contributed by atoms with Gasteiger partial charge in [0.05, 0.1) is 0 Å². The van der Waals surface area contributed by atoms with Crippen molar-refractivity contribution in [2.45, 2.75) is 6.54 Å². The maximum Gasteiger partial charge on any atom is 0.0450 e. The van der Waals surface area contributed by atoms with Crippen molar-refractivity contribution in [3.63, 3.8) is 0 Å². The summed E-state index contributed by atoms with van der Waals surface area (Å²) in [5, 5.41) is 3.48. The topological polar surface area (TPSA) is 15.3 Å². The minimum absolute atomic E-state index is 0.979. The predicted molar refractivity (Wildman–Crippen MR) is 72.4 cm³/mol. The summed E-state index contributed by atoms with van der Waals surface area (Å²) in [6.45, 7) is 3.01. The second-order valence-corrected chi connectivity index (χ2v) is 4.34. The molecule has 0 amide bonds. The summed E-state index contributed by atoms with van der Waals surface area (Å²) in [7, 11) is 0. The van der Waals surface area contributed by atoms with E-state index in [0.29, 0.717) is 0 Å². The summed E-state index contributed by atoms with van der Waals surface area (Å²) in [6.07, 6.45) is 0. The maximum atomic E-state index is 3.48. The summed E-state index contributed by atoms with van der Waals surface area (Å²) in [4.78, 5) is 2.42. The van der Waals surface area contributed by atoms with Crippen LogP contribution in [0.5, 0.6) is 0 Å². The van der Waals surface area contributed by atoms with Crippen LogP contribution in [0.4, 0.5) is 11.4 Å². The number of rotatable bonds is 1. The van der Waals surface area contributed by atoms with E-state index >= 15 is 0 Å². The molecular formula is C15H16N2. The van der Waals surface area contributed by atoms with Gasteiger partial charge in [-0.1, -0.05) is 36.4 Å². The van der Waals surface area contributed by atoms with Crippen LogP contribution in [-0.4, -0.2) is 13.1 Å². The molecule has 1 N–H and O–H groups in total. The highest BCUT2D eigenvalue weighted by molar-refractivity contribution is 5.56. The van der Waals surface area contributed by atoms with Gasteiger partial charge in [0.1, 0.15) is 0 Å². The number of nitrogens with one attached hydrogen (secondary N) is 1. The lowest BCUT2D eigenvalue weighted by atomic mass is 10.1. The number of hydrogen-bond donors (Lipinski definition) is 1. The molecule has 1 aliphatic rings. The third kappa shape index (κ3) is 2.11. The molecule has 17 heavy (non-hydrogen) atoms. The quantitative estimate of drug-likeness (QED) is 0.800. The minimum Gasteiger partial charge on any atom is -0.383 e. The van der Waals surface area contributed by atoms with Gasteiger partial charge in [-0.25, -0.2) is 0 Å².